The van der Waals surface area contributed by atoms with Crippen molar-refractivity contribution >= 4 is 23.8 Å². The summed E-state index contributed by atoms with van der Waals surface area (Å²) >= 11 is 0. The van der Waals surface area contributed by atoms with Crippen LogP contribution < -0.4 is 22.1 Å². The Balaban J connectivity index is 5.01. The lowest BCUT2D eigenvalue weighted by molar-refractivity contribution is -0.143. The van der Waals surface area contributed by atoms with E-state index in [4.69, 9.17) is 21.7 Å². The largest absolute Gasteiger partial charge is 0.481 e. The third-order valence-corrected chi connectivity index (χ3v) is 3.90. The van der Waals surface area contributed by atoms with Gasteiger partial charge in [-0.3, -0.25) is 14.4 Å². The summed E-state index contributed by atoms with van der Waals surface area (Å²) in [5, 5.41) is 22.7. The zero-order chi connectivity index (χ0) is 21.0. The number of amides is 2. The van der Waals surface area contributed by atoms with E-state index in [1.807, 2.05) is 13.8 Å². The van der Waals surface area contributed by atoms with Crippen LogP contribution in [0.5, 0.6) is 0 Å². The monoisotopic (exact) mass is 388 g/mol. The van der Waals surface area contributed by atoms with Crippen LogP contribution in [-0.2, 0) is 19.2 Å². The number of unbranched alkanes of at least 4 members (excludes halogenated alkanes) is 1. The van der Waals surface area contributed by atoms with Gasteiger partial charge in [-0.05, 0) is 44.6 Å². The number of carboxylic acid groups (broad SMARTS) is 2. The Morgan fingerprint density at radius 3 is 2.00 bits per heavy atom. The van der Waals surface area contributed by atoms with Crippen LogP contribution in [0.15, 0.2) is 0 Å². The molecule has 3 unspecified atom stereocenters. The molecule has 10 nitrogen and oxygen atoms in total. The first kappa shape index (κ1) is 24.8. The first-order valence-electron chi connectivity index (χ1n) is 9.09. The van der Waals surface area contributed by atoms with Gasteiger partial charge in [-0.15, -0.1) is 0 Å². The Bertz CT molecular complexity index is 512. The molecule has 0 aromatic carbocycles. The highest BCUT2D eigenvalue weighted by Crippen LogP contribution is 2.07. The number of nitrogens with two attached hydrogens (primary N) is 2. The minimum absolute atomic E-state index is 0.197. The van der Waals surface area contributed by atoms with Gasteiger partial charge >= 0.3 is 11.9 Å². The van der Waals surface area contributed by atoms with Crippen molar-refractivity contribution in [2.24, 2.45) is 17.4 Å². The maximum absolute atomic E-state index is 12.5. The number of rotatable bonds is 14. The van der Waals surface area contributed by atoms with Gasteiger partial charge in [-0.1, -0.05) is 13.8 Å². The van der Waals surface area contributed by atoms with Crippen LogP contribution in [0.1, 0.15) is 52.4 Å². The SMILES string of the molecule is CC(C)CC(N)C(=O)NC(CCCCN)C(=O)NC(CCC(=O)O)C(=O)O. The molecule has 0 radical (unpaired) electrons. The molecule has 27 heavy (non-hydrogen) atoms. The quantitative estimate of drug-likeness (QED) is 0.213. The van der Waals surface area contributed by atoms with E-state index in [9.17, 15) is 19.2 Å². The second kappa shape index (κ2) is 13.0. The maximum Gasteiger partial charge on any atom is 0.326 e. The van der Waals surface area contributed by atoms with Gasteiger partial charge in [0.25, 0.3) is 0 Å². The van der Waals surface area contributed by atoms with Crippen molar-refractivity contribution in [1.29, 1.82) is 0 Å². The number of hydrogen-bond acceptors (Lipinski definition) is 6. The van der Waals surface area contributed by atoms with Crippen molar-refractivity contribution in [3.8, 4) is 0 Å². The summed E-state index contributed by atoms with van der Waals surface area (Å²) in [6, 6.07) is -3.10. The van der Waals surface area contributed by atoms with Gasteiger partial charge in [0.05, 0.1) is 6.04 Å². The molecule has 0 spiro atoms. The Kier molecular flexibility index (Phi) is 12.0. The van der Waals surface area contributed by atoms with Gasteiger partial charge < -0.3 is 32.3 Å². The molecule has 0 saturated carbocycles. The molecule has 0 fully saturated rings. The lowest BCUT2D eigenvalue weighted by atomic mass is 10.0. The van der Waals surface area contributed by atoms with Crippen LogP contribution in [0.25, 0.3) is 0 Å². The summed E-state index contributed by atoms with van der Waals surface area (Å²) in [4.78, 5) is 46.6. The summed E-state index contributed by atoms with van der Waals surface area (Å²) < 4.78 is 0. The van der Waals surface area contributed by atoms with Crippen LogP contribution in [0.3, 0.4) is 0 Å². The highest BCUT2D eigenvalue weighted by atomic mass is 16.4. The maximum atomic E-state index is 12.5. The van der Waals surface area contributed by atoms with E-state index in [0.29, 0.717) is 25.8 Å². The van der Waals surface area contributed by atoms with Crippen molar-refractivity contribution in [2.75, 3.05) is 6.54 Å². The molecule has 0 bridgehead atoms. The second-order valence-electron chi connectivity index (χ2n) is 6.91. The van der Waals surface area contributed by atoms with Gasteiger partial charge in [0.1, 0.15) is 12.1 Å². The predicted octanol–water partition coefficient (Wildman–Crippen LogP) is -0.592. The average Bonchev–Trinajstić information content (AvgIpc) is 2.56. The summed E-state index contributed by atoms with van der Waals surface area (Å²) in [5.74, 6) is -3.48. The molecule has 0 aliphatic carbocycles. The molecule has 8 N–H and O–H groups in total. The highest BCUT2D eigenvalue weighted by Gasteiger charge is 2.28. The Labute approximate surface area is 159 Å². The van der Waals surface area contributed by atoms with E-state index in [0.717, 1.165) is 0 Å². The minimum Gasteiger partial charge on any atom is -0.481 e. The zero-order valence-electron chi connectivity index (χ0n) is 15.9. The Morgan fingerprint density at radius 2 is 1.52 bits per heavy atom. The zero-order valence-corrected chi connectivity index (χ0v) is 15.9. The van der Waals surface area contributed by atoms with Crippen molar-refractivity contribution in [2.45, 2.75) is 70.5 Å². The molecule has 156 valence electrons. The predicted molar refractivity (Wildman–Crippen MR) is 98.7 cm³/mol. The van der Waals surface area contributed by atoms with Crippen LogP contribution in [0.2, 0.25) is 0 Å². The molecular weight excluding hydrogens is 356 g/mol. The fourth-order valence-electron chi connectivity index (χ4n) is 2.45. The van der Waals surface area contributed by atoms with Gasteiger partial charge in [0.15, 0.2) is 0 Å². The average molecular weight is 388 g/mol. The molecule has 3 atom stereocenters. The number of nitrogens with one attached hydrogen (secondary N) is 2. The number of aliphatic carboxylic acids is 2. The third-order valence-electron chi connectivity index (χ3n) is 3.90. The van der Waals surface area contributed by atoms with Crippen LogP contribution in [-0.4, -0.2) is 58.6 Å². The van der Waals surface area contributed by atoms with Crippen molar-refractivity contribution < 1.29 is 29.4 Å². The van der Waals surface area contributed by atoms with Crippen molar-refractivity contribution in [3.05, 3.63) is 0 Å². The summed E-state index contributed by atoms with van der Waals surface area (Å²) in [6.07, 6.45) is 1.25. The normalized spacial score (nSPS) is 14.3. The van der Waals surface area contributed by atoms with Crippen LogP contribution in [0.4, 0.5) is 0 Å². The van der Waals surface area contributed by atoms with E-state index in [1.165, 1.54) is 0 Å². The summed E-state index contributed by atoms with van der Waals surface area (Å²) in [6.45, 7) is 4.25. The van der Waals surface area contributed by atoms with Gasteiger partial charge in [0, 0.05) is 6.42 Å². The van der Waals surface area contributed by atoms with E-state index in [1.54, 1.807) is 0 Å². The lowest BCUT2D eigenvalue weighted by Crippen LogP contribution is -2.54. The molecule has 0 aromatic heterocycles. The topological polar surface area (TPSA) is 185 Å². The van der Waals surface area contributed by atoms with Gasteiger partial charge in [-0.25, -0.2) is 4.79 Å². The van der Waals surface area contributed by atoms with E-state index >= 15 is 0 Å². The minimum atomic E-state index is -1.35. The van der Waals surface area contributed by atoms with E-state index in [2.05, 4.69) is 10.6 Å². The van der Waals surface area contributed by atoms with Crippen molar-refractivity contribution in [3.63, 3.8) is 0 Å². The van der Waals surface area contributed by atoms with Crippen LogP contribution in [0, 0.1) is 5.92 Å². The summed E-state index contributed by atoms with van der Waals surface area (Å²) in [5.41, 5.74) is 11.3. The van der Waals surface area contributed by atoms with Gasteiger partial charge in [-0.2, -0.15) is 0 Å². The number of carbonyl (C=O) groups excluding carboxylic acids is 2. The Hall–Kier alpha value is -2.20. The highest BCUT2D eigenvalue weighted by molar-refractivity contribution is 5.91. The van der Waals surface area contributed by atoms with E-state index < -0.39 is 48.3 Å². The number of carboxylic acids is 2. The third kappa shape index (κ3) is 11.2. The smallest absolute Gasteiger partial charge is 0.326 e. The fourth-order valence-corrected chi connectivity index (χ4v) is 2.45. The van der Waals surface area contributed by atoms with Crippen molar-refractivity contribution in [1.82, 2.24) is 10.6 Å². The standard InChI is InChI=1S/C17H32N4O6/c1-10(2)9-11(19)15(24)20-12(5-3-4-8-18)16(25)21-13(17(26)27)6-7-14(22)23/h10-13H,3-9,18-19H2,1-2H3,(H,20,24)(H,21,25)(H,22,23)(H,26,27). The molecule has 0 aromatic rings. The number of carbonyl (C=O) groups is 4. The molecule has 0 rings (SSSR count). The van der Waals surface area contributed by atoms with Crippen LogP contribution >= 0.6 is 0 Å². The molecule has 0 saturated heterocycles. The molecule has 0 heterocycles. The fraction of sp³-hybridized carbons (Fsp3) is 0.765. The second-order valence-corrected chi connectivity index (χ2v) is 6.91. The number of hydrogen-bond donors (Lipinski definition) is 6. The molecule has 2 amide bonds. The molecular formula is C17H32N4O6. The molecule has 0 aliphatic heterocycles. The first-order valence-corrected chi connectivity index (χ1v) is 9.09. The molecule has 10 heteroatoms. The first-order chi connectivity index (χ1) is 12.6. The summed E-state index contributed by atoms with van der Waals surface area (Å²) in [7, 11) is 0. The lowest BCUT2D eigenvalue weighted by Gasteiger charge is -2.23. The van der Waals surface area contributed by atoms with Gasteiger partial charge in [0.2, 0.25) is 11.8 Å². The molecule has 0 aliphatic rings. The Morgan fingerprint density at radius 1 is 0.926 bits per heavy atom. The van der Waals surface area contributed by atoms with E-state index in [-0.39, 0.29) is 18.8 Å².